The monoisotopic (exact) mass is 247 g/mol. The van der Waals surface area contributed by atoms with Gasteiger partial charge in [-0.15, -0.1) is 0 Å². The van der Waals surface area contributed by atoms with Crippen molar-refractivity contribution in [2.24, 2.45) is 0 Å². The second-order valence-electron chi connectivity index (χ2n) is 4.26. The number of benzene rings is 2. The molecule has 2 aromatic rings. The van der Waals surface area contributed by atoms with Crippen LogP contribution >= 0.6 is 0 Å². The molecule has 19 heavy (non-hydrogen) atoms. The van der Waals surface area contributed by atoms with E-state index in [9.17, 15) is 0 Å². The number of hydrogen-bond donors (Lipinski definition) is 0. The van der Waals surface area contributed by atoms with Crippen LogP contribution in [0.4, 0.5) is 5.69 Å². The van der Waals surface area contributed by atoms with Crippen LogP contribution in [0.25, 0.3) is 6.08 Å². The highest BCUT2D eigenvalue weighted by Crippen LogP contribution is 2.09. The molecule has 0 aliphatic carbocycles. The van der Waals surface area contributed by atoms with Gasteiger partial charge in [0, 0.05) is 12.7 Å². The van der Waals surface area contributed by atoms with Gasteiger partial charge in [-0.1, -0.05) is 60.4 Å². The summed E-state index contributed by atoms with van der Waals surface area (Å²) in [6.07, 6.45) is 3.92. The van der Waals surface area contributed by atoms with Crippen molar-refractivity contribution < 1.29 is 0 Å². The molecule has 0 atom stereocenters. The fraction of sp³-hybridized carbons (Fsp3) is 0.111. The first-order valence-electron chi connectivity index (χ1n) is 6.32. The second-order valence-corrected chi connectivity index (χ2v) is 4.26. The Labute approximate surface area is 115 Å². The van der Waals surface area contributed by atoms with Gasteiger partial charge < -0.3 is 4.90 Å². The molecule has 94 valence electrons. The Hall–Kier alpha value is -2.46. The number of para-hydroxylation sites is 1. The van der Waals surface area contributed by atoms with Crippen molar-refractivity contribution in [3.63, 3.8) is 0 Å². The molecule has 0 N–H and O–H groups in total. The van der Waals surface area contributed by atoms with E-state index in [0.29, 0.717) is 0 Å². The topological polar surface area (TPSA) is 3.24 Å². The molecule has 0 aliphatic heterocycles. The summed E-state index contributed by atoms with van der Waals surface area (Å²) >= 11 is 0. The molecular formula is C18H17N. The van der Waals surface area contributed by atoms with Gasteiger partial charge in [-0.2, -0.15) is 0 Å². The highest BCUT2D eigenvalue weighted by atomic mass is 15.1. The van der Waals surface area contributed by atoms with E-state index in [0.717, 1.165) is 6.54 Å². The summed E-state index contributed by atoms with van der Waals surface area (Å²) in [6, 6.07) is 20.4. The molecule has 2 aromatic carbocycles. The summed E-state index contributed by atoms with van der Waals surface area (Å²) in [5, 5.41) is 0. The Morgan fingerprint density at radius 1 is 0.947 bits per heavy atom. The van der Waals surface area contributed by atoms with Gasteiger partial charge >= 0.3 is 0 Å². The van der Waals surface area contributed by atoms with E-state index in [1.54, 1.807) is 0 Å². The zero-order chi connectivity index (χ0) is 13.3. The lowest BCUT2D eigenvalue weighted by Gasteiger charge is -2.15. The summed E-state index contributed by atoms with van der Waals surface area (Å²) < 4.78 is 0. The number of rotatable bonds is 3. The third-order valence-electron chi connectivity index (χ3n) is 2.77. The van der Waals surface area contributed by atoms with Gasteiger partial charge in [0.25, 0.3) is 0 Å². The van der Waals surface area contributed by atoms with E-state index in [4.69, 9.17) is 0 Å². The van der Waals surface area contributed by atoms with Gasteiger partial charge in [0.2, 0.25) is 0 Å². The Morgan fingerprint density at radius 2 is 1.58 bits per heavy atom. The Kier molecular flexibility index (Phi) is 4.84. The lowest BCUT2D eigenvalue weighted by Crippen LogP contribution is -2.16. The first kappa shape index (κ1) is 13.0. The third kappa shape index (κ3) is 4.37. The first-order chi connectivity index (χ1) is 9.36. The van der Waals surface area contributed by atoms with Crippen LogP contribution in [-0.4, -0.2) is 13.6 Å². The normalized spacial score (nSPS) is 9.95. The zero-order valence-corrected chi connectivity index (χ0v) is 11.1. The van der Waals surface area contributed by atoms with Crippen molar-refractivity contribution in [1.29, 1.82) is 0 Å². The minimum absolute atomic E-state index is 0.725. The standard InChI is InChI=1S/C18H17N/c1-19(18-14-8-3-9-15-18)16-10-4-7-13-17-11-5-2-6-12-17/h2-3,5-9,11-15H,16H2,1H3/b13-7+. The van der Waals surface area contributed by atoms with Gasteiger partial charge in [-0.3, -0.25) is 0 Å². The van der Waals surface area contributed by atoms with Crippen LogP contribution in [0.5, 0.6) is 0 Å². The van der Waals surface area contributed by atoms with Crippen LogP contribution in [0.15, 0.2) is 66.7 Å². The molecule has 0 saturated carbocycles. The molecule has 1 nitrogen and oxygen atoms in total. The van der Waals surface area contributed by atoms with Crippen molar-refractivity contribution >= 4 is 11.8 Å². The molecule has 0 fully saturated rings. The van der Waals surface area contributed by atoms with Gasteiger partial charge in [-0.25, -0.2) is 0 Å². The Bertz CT molecular complexity index is 573. The predicted molar refractivity (Wildman–Crippen MR) is 83.0 cm³/mol. The quantitative estimate of drug-likeness (QED) is 0.745. The molecule has 0 saturated heterocycles. The van der Waals surface area contributed by atoms with Gasteiger partial charge in [0.15, 0.2) is 0 Å². The molecule has 2 rings (SSSR count). The lowest BCUT2D eigenvalue weighted by atomic mass is 10.2. The molecule has 0 spiro atoms. The molecule has 0 amide bonds. The van der Waals surface area contributed by atoms with Crippen LogP contribution in [-0.2, 0) is 0 Å². The van der Waals surface area contributed by atoms with Crippen molar-refractivity contribution in [2.45, 2.75) is 0 Å². The Balaban J connectivity index is 1.87. The predicted octanol–water partition coefficient (Wildman–Crippen LogP) is 3.84. The summed E-state index contributed by atoms with van der Waals surface area (Å²) in [7, 11) is 2.05. The minimum Gasteiger partial charge on any atom is -0.363 e. The fourth-order valence-corrected chi connectivity index (χ4v) is 1.70. The van der Waals surface area contributed by atoms with Crippen LogP contribution in [0, 0.1) is 11.8 Å². The molecule has 0 heterocycles. The van der Waals surface area contributed by atoms with Crippen LogP contribution in [0.2, 0.25) is 0 Å². The minimum atomic E-state index is 0.725. The first-order valence-corrected chi connectivity index (χ1v) is 6.32. The number of hydrogen-bond acceptors (Lipinski definition) is 1. The zero-order valence-electron chi connectivity index (χ0n) is 11.1. The maximum atomic E-state index is 3.14. The van der Waals surface area contributed by atoms with E-state index < -0.39 is 0 Å². The Morgan fingerprint density at radius 3 is 2.26 bits per heavy atom. The highest BCUT2D eigenvalue weighted by Gasteiger charge is 1.94. The molecular weight excluding hydrogens is 230 g/mol. The van der Waals surface area contributed by atoms with Gasteiger partial charge in [-0.05, 0) is 29.8 Å². The molecule has 0 radical (unpaired) electrons. The SMILES string of the molecule is CN(CC#C/C=C/c1ccccc1)c1ccccc1. The van der Waals surface area contributed by atoms with Crippen molar-refractivity contribution in [3.05, 3.63) is 72.3 Å². The van der Waals surface area contributed by atoms with Gasteiger partial charge in [0.1, 0.15) is 0 Å². The third-order valence-corrected chi connectivity index (χ3v) is 2.77. The summed E-state index contributed by atoms with van der Waals surface area (Å²) in [5.41, 5.74) is 2.36. The average molecular weight is 247 g/mol. The van der Waals surface area contributed by atoms with Crippen LogP contribution in [0.1, 0.15) is 5.56 Å². The van der Waals surface area contributed by atoms with E-state index in [-0.39, 0.29) is 0 Å². The molecule has 0 unspecified atom stereocenters. The smallest absolute Gasteiger partial charge is 0.0794 e. The second kappa shape index (κ2) is 7.08. The van der Waals surface area contributed by atoms with Crippen LogP contribution in [0.3, 0.4) is 0 Å². The molecule has 0 aromatic heterocycles. The molecule has 1 heteroatoms. The number of anilines is 1. The average Bonchev–Trinajstić information content (AvgIpc) is 2.49. The van der Waals surface area contributed by atoms with E-state index in [1.165, 1.54) is 11.3 Å². The van der Waals surface area contributed by atoms with Gasteiger partial charge in [0.05, 0.1) is 6.54 Å². The maximum absolute atomic E-state index is 3.14. The molecule has 0 aliphatic rings. The van der Waals surface area contributed by atoms with E-state index in [2.05, 4.69) is 41.0 Å². The van der Waals surface area contributed by atoms with E-state index in [1.807, 2.05) is 55.6 Å². The van der Waals surface area contributed by atoms with E-state index >= 15 is 0 Å². The van der Waals surface area contributed by atoms with Crippen molar-refractivity contribution in [2.75, 3.05) is 18.5 Å². The number of nitrogens with zero attached hydrogens (tertiary/aromatic N) is 1. The summed E-state index contributed by atoms with van der Waals surface area (Å²) in [6.45, 7) is 0.725. The summed E-state index contributed by atoms with van der Waals surface area (Å²) in [4.78, 5) is 2.13. The summed E-state index contributed by atoms with van der Waals surface area (Å²) in [5.74, 6) is 6.21. The maximum Gasteiger partial charge on any atom is 0.0794 e. The van der Waals surface area contributed by atoms with Crippen molar-refractivity contribution in [1.82, 2.24) is 0 Å². The highest BCUT2D eigenvalue weighted by molar-refractivity contribution is 5.52. The fourth-order valence-electron chi connectivity index (χ4n) is 1.70. The van der Waals surface area contributed by atoms with Crippen LogP contribution < -0.4 is 4.90 Å². The number of allylic oxidation sites excluding steroid dienone is 1. The molecule has 0 bridgehead atoms. The van der Waals surface area contributed by atoms with Crippen molar-refractivity contribution in [3.8, 4) is 11.8 Å². The lowest BCUT2D eigenvalue weighted by molar-refractivity contribution is 1.05. The largest absolute Gasteiger partial charge is 0.363 e.